The van der Waals surface area contributed by atoms with Crippen LogP contribution in [0.3, 0.4) is 0 Å². The molecule has 0 saturated carbocycles. The zero-order valence-electron chi connectivity index (χ0n) is 13.7. The van der Waals surface area contributed by atoms with E-state index < -0.39 is 0 Å². The molecule has 5 heteroatoms. The molecule has 0 aliphatic rings. The van der Waals surface area contributed by atoms with Crippen molar-refractivity contribution in [2.24, 2.45) is 0 Å². The molecule has 0 spiro atoms. The number of hydrogen-bond donors (Lipinski definition) is 1. The van der Waals surface area contributed by atoms with E-state index in [4.69, 9.17) is 9.47 Å². The first-order valence-electron chi connectivity index (χ1n) is 7.74. The van der Waals surface area contributed by atoms with Crippen LogP contribution in [0, 0.1) is 6.92 Å². The SMILES string of the molecule is CCCCOc1ccc(-c2sc(NC)nc2C)cc1OCC. The Bertz CT molecular complexity index is 611. The van der Waals surface area contributed by atoms with E-state index in [9.17, 15) is 0 Å². The fourth-order valence-corrected chi connectivity index (χ4v) is 3.05. The fraction of sp³-hybridized carbons (Fsp3) is 0.471. The number of aryl methyl sites for hydroxylation is 1. The highest BCUT2D eigenvalue weighted by Gasteiger charge is 2.13. The minimum absolute atomic E-state index is 0.622. The summed E-state index contributed by atoms with van der Waals surface area (Å²) in [4.78, 5) is 5.66. The summed E-state index contributed by atoms with van der Waals surface area (Å²) in [7, 11) is 1.89. The summed E-state index contributed by atoms with van der Waals surface area (Å²) in [6.07, 6.45) is 2.17. The first kappa shape index (κ1) is 16.6. The van der Waals surface area contributed by atoms with E-state index in [-0.39, 0.29) is 0 Å². The number of anilines is 1. The molecule has 120 valence electrons. The number of ether oxygens (including phenoxy) is 2. The van der Waals surface area contributed by atoms with Gasteiger partial charge in [0.15, 0.2) is 16.6 Å². The molecular weight excluding hydrogens is 296 g/mol. The smallest absolute Gasteiger partial charge is 0.183 e. The summed E-state index contributed by atoms with van der Waals surface area (Å²) < 4.78 is 11.6. The first-order chi connectivity index (χ1) is 10.7. The highest BCUT2D eigenvalue weighted by atomic mass is 32.1. The average molecular weight is 320 g/mol. The number of thiazole rings is 1. The number of hydrogen-bond acceptors (Lipinski definition) is 5. The maximum atomic E-state index is 5.83. The Morgan fingerprint density at radius 2 is 2.00 bits per heavy atom. The summed E-state index contributed by atoms with van der Waals surface area (Å²) in [5, 5.41) is 4.02. The third-order valence-electron chi connectivity index (χ3n) is 3.27. The van der Waals surface area contributed by atoms with Gasteiger partial charge >= 0.3 is 0 Å². The van der Waals surface area contributed by atoms with E-state index in [2.05, 4.69) is 23.3 Å². The van der Waals surface area contributed by atoms with E-state index >= 15 is 0 Å². The lowest BCUT2D eigenvalue weighted by molar-refractivity contribution is 0.273. The molecule has 0 fully saturated rings. The van der Waals surface area contributed by atoms with Gasteiger partial charge in [-0.1, -0.05) is 24.7 Å². The van der Waals surface area contributed by atoms with Gasteiger partial charge in [0.25, 0.3) is 0 Å². The predicted molar refractivity (Wildman–Crippen MR) is 93.4 cm³/mol. The van der Waals surface area contributed by atoms with E-state index in [1.165, 1.54) is 0 Å². The molecule has 0 radical (unpaired) electrons. The second kappa shape index (κ2) is 8.03. The van der Waals surface area contributed by atoms with E-state index in [0.717, 1.165) is 52.2 Å². The summed E-state index contributed by atoms with van der Waals surface area (Å²) >= 11 is 1.65. The van der Waals surface area contributed by atoms with Crippen molar-refractivity contribution in [3.63, 3.8) is 0 Å². The van der Waals surface area contributed by atoms with Crippen LogP contribution in [-0.4, -0.2) is 25.2 Å². The molecule has 22 heavy (non-hydrogen) atoms. The van der Waals surface area contributed by atoms with Crippen molar-refractivity contribution in [3.8, 4) is 21.9 Å². The first-order valence-corrected chi connectivity index (χ1v) is 8.56. The number of rotatable bonds is 8. The van der Waals surface area contributed by atoms with Gasteiger partial charge in [-0.05, 0) is 44.0 Å². The van der Waals surface area contributed by atoms with Crippen LogP contribution >= 0.6 is 11.3 Å². The molecule has 0 aliphatic heterocycles. The molecule has 0 atom stereocenters. The number of nitrogens with one attached hydrogen (secondary N) is 1. The van der Waals surface area contributed by atoms with Crippen molar-refractivity contribution < 1.29 is 9.47 Å². The number of unbranched alkanes of at least 4 members (excludes halogenated alkanes) is 1. The Morgan fingerprint density at radius 3 is 2.64 bits per heavy atom. The van der Waals surface area contributed by atoms with Gasteiger partial charge in [-0.15, -0.1) is 0 Å². The monoisotopic (exact) mass is 320 g/mol. The van der Waals surface area contributed by atoms with Crippen LogP contribution in [-0.2, 0) is 0 Å². The summed E-state index contributed by atoms with van der Waals surface area (Å²) in [5.74, 6) is 1.62. The third-order valence-corrected chi connectivity index (χ3v) is 4.50. The van der Waals surface area contributed by atoms with E-state index in [1.807, 2.05) is 33.0 Å². The fourth-order valence-electron chi connectivity index (χ4n) is 2.13. The lowest BCUT2D eigenvalue weighted by atomic mass is 10.1. The second-order valence-corrected chi connectivity index (χ2v) is 5.98. The lowest BCUT2D eigenvalue weighted by Gasteiger charge is -2.13. The maximum absolute atomic E-state index is 5.83. The molecule has 2 aromatic rings. The van der Waals surface area contributed by atoms with Crippen LogP contribution in [0.1, 0.15) is 32.4 Å². The van der Waals surface area contributed by atoms with Crippen LogP contribution in [0.15, 0.2) is 18.2 Å². The van der Waals surface area contributed by atoms with Crippen LogP contribution in [0.5, 0.6) is 11.5 Å². The Balaban J connectivity index is 2.29. The molecule has 0 aliphatic carbocycles. The molecule has 1 N–H and O–H groups in total. The molecule has 0 amide bonds. The van der Waals surface area contributed by atoms with Gasteiger partial charge in [-0.3, -0.25) is 0 Å². The summed E-state index contributed by atoms with van der Waals surface area (Å²) in [5.41, 5.74) is 2.14. The van der Waals surface area contributed by atoms with Gasteiger partial charge in [-0.25, -0.2) is 4.98 Å². The summed E-state index contributed by atoms with van der Waals surface area (Å²) in [6, 6.07) is 6.11. The zero-order chi connectivity index (χ0) is 15.9. The molecule has 2 rings (SSSR count). The molecule has 0 bridgehead atoms. The Labute approximate surface area is 136 Å². The van der Waals surface area contributed by atoms with Crippen molar-refractivity contribution in [2.75, 3.05) is 25.6 Å². The summed E-state index contributed by atoms with van der Waals surface area (Å²) in [6.45, 7) is 7.51. The normalized spacial score (nSPS) is 10.5. The number of benzene rings is 1. The highest BCUT2D eigenvalue weighted by molar-refractivity contribution is 7.19. The van der Waals surface area contributed by atoms with Crippen LogP contribution in [0.25, 0.3) is 10.4 Å². The van der Waals surface area contributed by atoms with Crippen molar-refractivity contribution >= 4 is 16.5 Å². The van der Waals surface area contributed by atoms with Crippen LogP contribution < -0.4 is 14.8 Å². The van der Waals surface area contributed by atoms with Crippen molar-refractivity contribution in [2.45, 2.75) is 33.6 Å². The highest BCUT2D eigenvalue weighted by Crippen LogP contribution is 2.37. The molecular formula is C17H24N2O2S. The van der Waals surface area contributed by atoms with Crippen LogP contribution in [0.4, 0.5) is 5.13 Å². The van der Waals surface area contributed by atoms with Gasteiger partial charge in [0.2, 0.25) is 0 Å². The van der Waals surface area contributed by atoms with Gasteiger partial charge in [0.1, 0.15) is 0 Å². The zero-order valence-corrected chi connectivity index (χ0v) is 14.5. The van der Waals surface area contributed by atoms with Gasteiger partial charge in [-0.2, -0.15) is 0 Å². The average Bonchev–Trinajstić information content (AvgIpc) is 2.90. The standard InChI is InChI=1S/C17H24N2O2S/c1-5-7-10-21-14-9-8-13(11-15(14)20-6-2)16-12(3)19-17(18-4)22-16/h8-9,11H,5-7,10H2,1-4H3,(H,18,19). The maximum Gasteiger partial charge on any atom is 0.183 e. The van der Waals surface area contributed by atoms with Gasteiger partial charge in [0, 0.05) is 7.05 Å². The molecule has 1 aromatic heterocycles. The second-order valence-electron chi connectivity index (χ2n) is 4.98. The Morgan fingerprint density at radius 1 is 1.18 bits per heavy atom. The quantitative estimate of drug-likeness (QED) is 0.714. The Kier molecular flexibility index (Phi) is 6.07. The topological polar surface area (TPSA) is 43.4 Å². The minimum atomic E-state index is 0.622. The largest absolute Gasteiger partial charge is 0.490 e. The Hall–Kier alpha value is -1.75. The molecule has 1 heterocycles. The molecule has 0 saturated heterocycles. The minimum Gasteiger partial charge on any atom is -0.490 e. The van der Waals surface area contributed by atoms with E-state index in [1.54, 1.807) is 11.3 Å². The lowest BCUT2D eigenvalue weighted by Crippen LogP contribution is -2.00. The van der Waals surface area contributed by atoms with Gasteiger partial charge in [0.05, 0.1) is 23.8 Å². The molecule has 1 aromatic carbocycles. The number of nitrogens with zero attached hydrogens (tertiary/aromatic N) is 1. The predicted octanol–water partition coefficient (Wildman–Crippen LogP) is 4.74. The number of aromatic nitrogens is 1. The van der Waals surface area contributed by atoms with E-state index in [0.29, 0.717) is 6.61 Å². The molecule has 4 nitrogen and oxygen atoms in total. The molecule has 0 unspecified atom stereocenters. The third kappa shape index (κ3) is 3.91. The van der Waals surface area contributed by atoms with Crippen LogP contribution in [0.2, 0.25) is 0 Å². The van der Waals surface area contributed by atoms with Gasteiger partial charge < -0.3 is 14.8 Å². The van der Waals surface area contributed by atoms with Crippen molar-refractivity contribution in [1.82, 2.24) is 4.98 Å². The van der Waals surface area contributed by atoms with Crippen molar-refractivity contribution in [3.05, 3.63) is 23.9 Å². The van der Waals surface area contributed by atoms with Crippen molar-refractivity contribution in [1.29, 1.82) is 0 Å².